The molecule has 3 aromatic rings. The zero-order valence-electron chi connectivity index (χ0n) is 17.4. The molecule has 0 saturated carbocycles. The van der Waals surface area contributed by atoms with Gasteiger partial charge in [-0.1, -0.05) is 50.2 Å². The molecule has 0 bridgehead atoms. The van der Waals surface area contributed by atoms with Crippen LogP contribution in [0.15, 0.2) is 72.8 Å². The van der Waals surface area contributed by atoms with Crippen LogP contribution in [0.25, 0.3) is 0 Å². The highest BCUT2D eigenvalue weighted by Gasteiger charge is 2.11. The van der Waals surface area contributed by atoms with Crippen LogP contribution >= 0.6 is 0 Å². The average molecular weight is 402 g/mol. The highest BCUT2D eigenvalue weighted by molar-refractivity contribution is 6.05. The summed E-state index contributed by atoms with van der Waals surface area (Å²) in [7, 11) is 0. The van der Waals surface area contributed by atoms with E-state index in [0.717, 1.165) is 16.8 Å². The first-order chi connectivity index (χ1) is 14.4. The standard InChI is InChI=1S/C25H26N2O3/c1-17(2)22-12-4-5-13-23(22)30-16-24(28)26-21-11-7-9-19(15-21)25(29)27-20-10-6-8-18(3)14-20/h4-15,17H,16H2,1-3H3,(H,26,28)(H,27,29). The van der Waals surface area contributed by atoms with Gasteiger partial charge in [-0.2, -0.15) is 0 Å². The van der Waals surface area contributed by atoms with Gasteiger partial charge in [0, 0.05) is 16.9 Å². The minimum absolute atomic E-state index is 0.108. The largest absolute Gasteiger partial charge is 0.483 e. The molecule has 5 nitrogen and oxygen atoms in total. The predicted octanol–water partition coefficient (Wildman–Crippen LogP) is 5.39. The molecule has 0 aliphatic carbocycles. The van der Waals surface area contributed by atoms with Gasteiger partial charge in [-0.3, -0.25) is 9.59 Å². The molecule has 0 radical (unpaired) electrons. The first-order valence-corrected chi connectivity index (χ1v) is 9.92. The minimum Gasteiger partial charge on any atom is -0.483 e. The lowest BCUT2D eigenvalue weighted by molar-refractivity contribution is -0.118. The summed E-state index contributed by atoms with van der Waals surface area (Å²) in [5.41, 5.74) is 3.85. The summed E-state index contributed by atoms with van der Waals surface area (Å²) in [4.78, 5) is 24.9. The second-order valence-electron chi connectivity index (χ2n) is 7.43. The first kappa shape index (κ1) is 21.1. The van der Waals surface area contributed by atoms with Crippen LogP contribution in [0.5, 0.6) is 5.75 Å². The zero-order valence-corrected chi connectivity index (χ0v) is 17.4. The molecule has 3 aromatic carbocycles. The van der Waals surface area contributed by atoms with Crippen molar-refractivity contribution in [3.05, 3.63) is 89.5 Å². The summed E-state index contributed by atoms with van der Waals surface area (Å²) in [6.07, 6.45) is 0. The van der Waals surface area contributed by atoms with Gasteiger partial charge in [0.05, 0.1) is 0 Å². The topological polar surface area (TPSA) is 67.4 Å². The van der Waals surface area contributed by atoms with Crippen LogP contribution in [0.1, 0.15) is 41.3 Å². The van der Waals surface area contributed by atoms with E-state index in [-0.39, 0.29) is 18.4 Å². The Morgan fingerprint density at radius 2 is 1.57 bits per heavy atom. The molecule has 2 N–H and O–H groups in total. The van der Waals surface area contributed by atoms with Crippen molar-refractivity contribution in [2.45, 2.75) is 26.7 Å². The Hall–Kier alpha value is -3.60. The van der Waals surface area contributed by atoms with E-state index in [2.05, 4.69) is 24.5 Å². The van der Waals surface area contributed by atoms with E-state index in [9.17, 15) is 9.59 Å². The molecule has 30 heavy (non-hydrogen) atoms. The maximum atomic E-state index is 12.5. The number of carbonyl (C=O) groups is 2. The van der Waals surface area contributed by atoms with Crippen LogP contribution in [-0.4, -0.2) is 18.4 Å². The predicted molar refractivity (Wildman–Crippen MR) is 120 cm³/mol. The second kappa shape index (κ2) is 9.74. The summed E-state index contributed by atoms with van der Waals surface area (Å²) in [6.45, 7) is 6.02. The van der Waals surface area contributed by atoms with Gasteiger partial charge in [-0.05, 0) is 60.4 Å². The first-order valence-electron chi connectivity index (χ1n) is 9.92. The second-order valence-corrected chi connectivity index (χ2v) is 7.43. The third-order valence-corrected chi connectivity index (χ3v) is 4.58. The van der Waals surface area contributed by atoms with Crippen molar-refractivity contribution in [2.75, 3.05) is 17.2 Å². The number of benzene rings is 3. The number of hydrogen-bond acceptors (Lipinski definition) is 3. The number of amides is 2. The summed E-state index contributed by atoms with van der Waals surface area (Å²) in [5.74, 6) is 0.477. The van der Waals surface area contributed by atoms with E-state index in [1.54, 1.807) is 24.3 Å². The zero-order chi connectivity index (χ0) is 21.5. The van der Waals surface area contributed by atoms with Crippen LogP contribution in [0.2, 0.25) is 0 Å². The third kappa shape index (κ3) is 5.70. The Balaban J connectivity index is 1.61. The fourth-order valence-corrected chi connectivity index (χ4v) is 3.09. The van der Waals surface area contributed by atoms with Gasteiger partial charge in [0.2, 0.25) is 0 Å². The smallest absolute Gasteiger partial charge is 0.262 e. The van der Waals surface area contributed by atoms with Crippen molar-refractivity contribution in [1.82, 2.24) is 0 Å². The molecule has 154 valence electrons. The van der Waals surface area contributed by atoms with Crippen LogP contribution in [-0.2, 0) is 4.79 Å². The maximum Gasteiger partial charge on any atom is 0.262 e. The molecule has 0 fully saturated rings. The van der Waals surface area contributed by atoms with Crippen molar-refractivity contribution in [2.24, 2.45) is 0 Å². The molecule has 5 heteroatoms. The van der Waals surface area contributed by atoms with Gasteiger partial charge in [-0.25, -0.2) is 0 Å². The molecule has 0 atom stereocenters. The molecule has 0 spiro atoms. The fourth-order valence-electron chi connectivity index (χ4n) is 3.09. The lowest BCUT2D eigenvalue weighted by atomic mass is 10.0. The SMILES string of the molecule is Cc1cccc(NC(=O)c2cccc(NC(=O)COc3ccccc3C(C)C)c2)c1. The van der Waals surface area contributed by atoms with Crippen molar-refractivity contribution >= 4 is 23.2 Å². The monoisotopic (exact) mass is 402 g/mol. The number of ether oxygens (including phenoxy) is 1. The highest BCUT2D eigenvalue weighted by Crippen LogP contribution is 2.25. The number of aryl methyl sites for hydroxylation is 1. The lowest BCUT2D eigenvalue weighted by Crippen LogP contribution is -2.21. The van der Waals surface area contributed by atoms with E-state index in [1.807, 2.05) is 55.5 Å². The van der Waals surface area contributed by atoms with Crippen LogP contribution < -0.4 is 15.4 Å². The van der Waals surface area contributed by atoms with E-state index < -0.39 is 0 Å². The van der Waals surface area contributed by atoms with Gasteiger partial charge < -0.3 is 15.4 Å². The molecule has 2 amide bonds. The molecule has 0 saturated heterocycles. The lowest BCUT2D eigenvalue weighted by Gasteiger charge is -2.14. The minimum atomic E-state index is -0.287. The van der Waals surface area contributed by atoms with E-state index in [1.165, 1.54) is 0 Å². The quantitative estimate of drug-likeness (QED) is 0.557. The van der Waals surface area contributed by atoms with Gasteiger partial charge in [0.1, 0.15) is 5.75 Å². The molecule has 0 aromatic heterocycles. The molecular formula is C25H26N2O3. The highest BCUT2D eigenvalue weighted by atomic mass is 16.5. The Kier molecular flexibility index (Phi) is 6.86. The third-order valence-electron chi connectivity index (χ3n) is 4.58. The Morgan fingerprint density at radius 3 is 2.30 bits per heavy atom. The van der Waals surface area contributed by atoms with Crippen molar-refractivity contribution in [1.29, 1.82) is 0 Å². The van der Waals surface area contributed by atoms with E-state index in [0.29, 0.717) is 22.9 Å². The number of hydrogen-bond donors (Lipinski definition) is 2. The number of rotatable bonds is 7. The number of carbonyl (C=O) groups excluding carboxylic acids is 2. The maximum absolute atomic E-state index is 12.5. The fraction of sp³-hybridized carbons (Fsp3) is 0.200. The average Bonchev–Trinajstić information content (AvgIpc) is 2.72. The Morgan fingerprint density at radius 1 is 0.867 bits per heavy atom. The van der Waals surface area contributed by atoms with Crippen molar-refractivity contribution in [3.8, 4) is 5.75 Å². The van der Waals surface area contributed by atoms with Crippen molar-refractivity contribution < 1.29 is 14.3 Å². The normalized spacial score (nSPS) is 10.5. The van der Waals surface area contributed by atoms with Crippen LogP contribution in [0.4, 0.5) is 11.4 Å². The van der Waals surface area contributed by atoms with E-state index >= 15 is 0 Å². The van der Waals surface area contributed by atoms with Gasteiger partial charge in [0.15, 0.2) is 6.61 Å². The number of para-hydroxylation sites is 1. The van der Waals surface area contributed by atoms with Crippen LogP contribution in [0, 0.1) is 6.92 Å². The number of anilines is 2. The molecule has 0 aliphatic heterocycles. The Bertz CT molecular complexity index is 1040. The summed E-state index contributed by atoms with van der Waals surface area (Å²) in [6, 6.07) is 22.1. The molecular weight excluding hydrogens is 376 g/mol. The van der Waals surface area contributed by atoms with Gasteiger partial charge in [0.25, 0.3) is 11.8 Å². The Labute approximate surface area is 177 Å². The number of nitrogens with one attached hydrogen (secondary N) is 2. The summed E-state index contributed by atoms with van der Waals surface area (Å²) >= 11 is 0. The van der Waals surface area contributed by atoms with Gasteiger partial charge in [-0.15, -0.1) is 0 Å². The summed E-state index contributed by atoms with van der Waals surface area (Å²) in [5, 5.41) is 5.65. The molecule has 0 heterocycles. The van der Waals surface area contributed by atoms with Crippen LogP contribution in [0.3, 0.4) is 0 Å². The van der Waals surface area contributed by atoms with Gasteiger partial charge >= 0.3 is 0 Å². The molecule has 0 unspecified atom stereocenters. The van der Waals surface area contributed by atoms with Crippen molar-refractivity contribution in [3.63, 3.8) is 0 Å². The molecule has 0 aliphatic rings. The summed E-state index contributed by atoms with van der Waals surface area (Å²) < 4.78 is 5.71. The van der Waals surface area contributed by atoms with E-state index in [4.69, 9.17) is 4.74 Å². The molecule has 3 rings (SSSR count).